The molecule has 108 valence electrons. The van der Waals surface area contributed by atoms with Gasteiger partial charge in [-0.2, -0.15) is 0 Å². The minimum Gasteiger partial charge on any atom is -0.496 e. The van der Waals surface area contributed by atoms with Crippen molar-refractivity contribution >= 4 is 18.2 Å². The molecule has 1 aromatic heterocycles. The first kappa shape index (κ1) is 14.6. The molecule has 6 heteroatoms. The molecule has 0 fully saturated rings. The molecule has 1 atom stereocenters. The van der Waals surface area contributed by atoms with E-state index in [0.717, 1.165) is 18.1 Å². The van der Waals surface area contributed by atoms with E-state index in [4.69, 9.17) is 17.0 Å². The minimum atomic E-state index is 0.273. The molecular formula is C14H20N4OS. The Morgan fingerprint density at radius 2 is 2.15 bits per heavy atom. The molecule has 0 saturated carbocycles. The van der Waals surface area contributed by atoms with Crippen LogP contribution in [0.5, 0.6) is 5.75 Å². The number of benzene rings is 1. The van der Waals surface area contributed by atoms with Crippen LogP contribution in [0.25, 0.3) is 0 Å². The third kappa shape index (κ3) is 2.85. The molecule has 0 aliphatic carbocycles. The summed E-state index contributed by atoms with van der Waals surface area (Å²) >= 11 is 5.15. The van der Waals surface area contributed by atoms with Gasteiger partial charge in [-0.3, -0.25) is 4.57 Å². The fourth-order valence-electron chi connectivity index (χ4n) is 2.18. The Labute approximate surface area is 124 Å². The zero-order valence-corrected chi connectivity index (χ0v) is 13.1. The topological polar surface area (TPSA) is 46.1 Å². The number of nitrogens with one attached hydrogen (secondary N) is 1. The van der Waals surface area contributed by atoms with Crippen LogP contribution < -0.4 is 9.64 Å². The van der Waals surface area contributed by atoms with Gasteiger partial charge in [0.2, 0.25) is 5.95 Å². The maximum absolute atomic E-state index is 5.40. The number of H-pyrrole nitrogens is 1. The number of hydrogen-bond acceptors (Lipinski definition) is 4. The number of hydrogen-bond donors (Lipinski definition) is 1. The van der Waals surface area contributed by atoms with Crippen LogP contribution >= 0.6 is 12.2 Å². The van der Waals surface area contributed by atoms with E-state index in [1.54, 1.807) is 7.11 Å². The fraction of sp³-hybridized carbons (Fsp3) is 0.429. The van der Waals surface area contributed by atoms with Gasteiger partial charge in [0.15, 0.2) is 4.77 Å². The van der Waals surface area contributed by atoms with Crippen LogP contribution in [0.1, 0.15) is 12.5 Å². The Hall–Kier alpha value is -1.82. The Balaban J connectivity index is 2.17. The highest BCUT2D eigenvalue weighted by atomic mass is 32.1. The van der Waals surface area contributed by atoms with E-state index in [0.29, 0.717) is 4.77 Å². The standard InChI is InChI=1S/C14H20N4OS/c1-10(9-11-7-5-6-8-12(11)19-4)17(2)13-15-16-14(20)18(13)3/h5-8,10H,9H2,1-4H3,(H,16,20). The third-order valence-corrected chi connectivity index (χ3v) is 3.91. The molecular weight excluding hydrogens is 272 g/mol. The van der Waals surface area contributed by atoms with Crippen LogP contribution in [0.3, 0.4) is 0 Å². The first-order chi connectivity index (χ1) is 9.54. The Morgan fingerprint density at radius 3 is 2.75 bits per heavy atom. The molecule has 1 unspecified atom stereocenters. The predicted octanol–water partition coefficient (Wildman–Crippen LogP) is 2.55. The SMILES string of the molecule is COc1ccccc1CC(C)N(C)c1n[nH]c(=S)n1C. The van der Waals surface area contributed by atoms with Crippen LogP contribution in [0.15, 0.2) is 24.3 Å². The van der Waals surface area contributed by atoms with Gasteiger partial charge >= 0.3 is 0 Å². The average molecular weight is 292 g/mol. The van der Waals surface area contributed by atoms with Crippen molar-refractivity contribution in [2.24, 2.45) is 7.05 Å². The van der Waals surface area contributed by atoms with Gasteiger partial charge in [-0.25, -0.2) is 5.10 Å². The zero-order valence-electron chi connectivity index (χ0n) is 12.3. The molecule has 1 aromatic carbocycles. The van der Waals surface area contributed by atoms with Crippen molar-refractivity contribution in [2.45, 2.75) is 19.4 Å². The molecule has 0 amide bonds. The summed E-state index contributed by atoms with van der Waals surface area (Å²) in [6, 6.07) is 8.36. The molecule has 0 radical (unpaired) electrons. The highest BCUT2D eigenvalue weighted by Gasteiger charge is 2.16. The lowest BCUT2D eigenvalue weighted by Crippen LogP contribution is -2.32. The maximum Gasteiger partial charge on any atom is 0.225 e. The first-order valence-electron chi connectivity index (χ1n) is 6.50. The number of rotatable bonds is 5. The lowest BCUT2D eigenvalue weighted by molar-refractivity contribution is 0.408. The summed E-state index contributed by atoms with van der Waals surface area (Å²) in [5.41, 5.74) is 1.19. The number of methoxy groups -OCH3 is 1. The number of nitrogens with zero attached hydrogens (tertiary/aromatic N) is 3. The van der Waals surface area contributed by atoms with Gasteiger partial charge in [-0.15, -0.1) is 5.10 Å². The first-order valence-corrected chi connectivity index (χ1v) is 6.91. The number of anilines is 1. The van der Waals surface area contributed by atoms with Crippen molar-refractivity contribution in [1.82, 2.24) is 14.8 Å². The van der Waals surface area contributed by atoms with E-state index in [-0.39, 0.29) is 6.04 Å². The van der Waals surface area contributed by atoms with E-state index in [9.17, 15) is 0 Å². The monoisotopic (exact) mass is 292 g/mol. The highest BCUT2D eigenvalue weighted by Crippen LogP contribution is 2.21. The van der Waals surface area contributed by atoms with Gasteiger partial charge in [0.1, 0.15) is 5.75 Å². The van der Waals surface area contributed by atoms with Crippen LogP contribution in [0, 0.1) is 4.77 Å². The molecule has 0 aliphatic rings. The molecule has 1 heterocycles. The van der Waals surface area contributed by atoms with Gasteiger partial charge in [-0.1, -0.05) is 18.2 Å². The Bertz CT molecular complexity index is 634. The second kappa shape index (κ2) is 6.09. The van der Waals surface area contributed by atoms with Crippen molar-refractivity contribution in [3.8, 4) is 5.75 Å². The second-order valence-corrected chi connectivity index (χ2v) is 5.25. The molecule has 5 nitrogen and oxygen atoms in total. The summed E-state index contributed by atoms with van der Waals surface area (Å²) in [4.78, 5) is 2.11. The molecule has 2 rings (SSSR count). The predicted molar refractivity (Wildman–Crippen MR) is 83.0 cm³/mol. The van der Waals surface area contributed by atoms with Crippen LogP contribution in [0.4, 0.5) is 5.95 Å². The van der Waals surface area contributed by atoms with E-state index < -0.39 is 0 Å². The summed E-state index contributed by atoms with van der Waals surface area (Å²) in [6.45, 7) is 2.16. The van der Waals surface area contributed by atoms with E-state index in [1.165, 1.54) is 5.56 Å². The Kier molecular flexibility index (Phi) is 4.44. The highest BCUT2D eigenvalue weighted by molar-refractivity contribution is 7.71. The van der Waals surface area contributed by atoms with Crippen molar-refractivity contribution in [3.63, 3.8) is 0 Å². The fourth-order valence-corrected chi connectivity index (χ4v) is 2.31. The molecule has 0 aliphatic heterocycles. The van der Waals surface area contributed by atoms with Crippen molar-refractivity contribution < 1.29 is 4.74 Å². The molecule has 1 N–H and O–H groups in total. The third-order valence-electron chi connectivity index (χ3n) is 3.54. The van der Waals surface area contributed by atoms with Gasteiger partial charge in [0.05, 0.1) is 7.11 Å². The number of para-hydroxylation sites is 1. The van der Waals surface area contributed by atoms with Crippen molar-refractivity contribution in [3.05, 3.63) is 34.6 Å². The molecule has 20 heavy (non-hydrogen) atoms. The van der Waals surface area contributed by atoms with Crippen LogP contribution in [-0.4, -0.2) is 35.0 Å². The summed E-state index contributed by atoms with van der Waals surface area (Å²) in [6.07, 6.45) is 0.875. The van der Waals surface area contributed by atoms with Gasteiger partial charge in [0.25, 0.3) is 0 Å². The van der Waals surface area contributed by atoms with Gasteiger partial charge in [0, 0.05) is 20.1 Å². The van der Waals surface area contributed by atoms with Gasteiger partial charge < -0.3 is 9.64 Å². The van der Waals surface area contributed by atoms with E-state index in [2.05, 4.69) is 28.1 Å². The minimum absolute atomic E-state index is 0.273. The summed E-state index contributed by atoms with van der Waals surface area (Å²) < 4.78 is 7.89. The van der Waals surface area contributed by atoms with E-state index >= 15 is 0 Å². The van der Waals surface area contributed by atoms with Crippen molar-refractivity contribution in [2.75, 3.05) is 19.1 Å². The number of aromatic amines is 1. The largest absolute Gasteiger partial charge is 0.496 e. The zero-order chi connectivity index (χ0) is 14.7. The van der Waals surface area contributed by atoms with Crippen LogP contribution in [-0.2, 0) is 13.5 Å². The molecule has 2 aromatic rings. The summed E-state index contributed by atoms with van der Waals surface area (Å²) in [7, 11) is 5.63. The number of ether oxygens (including phenoxy) is 1. The number of likely N-dealkylation sites (N-methyl/N-ethyl adjacent to an activating group) is 1. The quantitative estimate of drug-likeness (QED) is 0.860. The molecule has 0 spiro atoms. The van der Waals surface area contributed by atoms with Crippen LogP contribution in [0.2, 0.25) is 0 Å². The average Bonchev–Trinajstić information content (AvgIpc) is 2.78. The van der Waals surface area contributed by atoms with Gasteiger partial charge in [-0.05, 0) is 37.2 Å². The lowest BCUT2D eigenvalue weighted by Gasteiger charge is -2.25. The Morgan fingerprint density at radius 1 is 1.45 bits per heavy atom. The second-order valence-electron chi connectivity index (χ2n) is 4.86. The normalized spacial score (nSPS) is 12.2. The smallest absolute Gasteiger partial charge is 0.225 e. The lowest BCUT2D eigenvalue weighted by atomic mass is 10.1. The van der Waals surface area contributed by atoms with Crippen molar-refractivity contribution in [1.29, 1.82) is 0 Å². The molecule has 0 saturated heterocycles. The summed E-state index contributed by atoms with van der Waals surface area (Å²) in [5.74, 6) is 1.75. The van der Waals surface area contributed by atoms with E-state index in [1.807, 2.05) is 36.9 Å². The maximum atomic E-state index is 5.40. The number of aromatic nitrogens is 3. The molecule has 0 bridgehead atoms. The summed E-state index contributed by atoms with van der Waals surface area (Å²) in [5, 5.41) is 7.07.